The van der Waals surface area contributed by atoms with E-state index in [-0.39, 0.29) is 0 Å². The zero-order valence-electron chi connectivity index (χ0n) is 7.62. The average molecular weight is 167 g/mol. The third-order valence-electron chi connectivity index (χ3n) is 0.976. The highest BCUT2D eigenvalue weighted by Crippen LogP contribution is 1.92. The van der Waals surface area contributed by atoms with Gasteiger partial charge in [0.15, 0.2) is 0 Å². The van der Waals surface area contributed by atoms with E-state index in [1.54, 1.807) is 0 Å². The number of allylic oxidation sites excluding steroid dienone is 4. The second kappa shape index (κ2) is 7.35. The molecular weight excluding hydrogens is 150 g/mol. The van der Waals surface area contributed by atoms with E-state index in [4.69, 9.17) is 0 Å². The Morgan fingerprint density at radius 3 is 1.64 bits per heavy atom. The molecule has 0 spiro atoms. The van der Waals surface area contributed by atoms with E-state index < -0.39 is 0 Å². The van der Waals surface area contributed by atoms with Gasteiger partial charge in [-0.05, 0) is 12.2 Å². The molecular formula is C9H17NSi. The van der Waals surface area contributed by atoms with Crippen molar-refractivity contribution in [1.82, 2.24) is 4.90 Å². The average Bonchev–Trinajstić information content (AvgIpc) is 2.18. The Morgan fingerprint density at radius 1 is 0.909 bits per heavy atom. The smallest absolute Gasteiger partial charge is 0.0135 e. The zero-order chi connectivity index (χ0) is 8.53. The van der Waals surface area contributed by atoms with Crippen molar-refractivity contribution in [3.63, 3.8) is 0 Å². The molecule has 1 aliphatic heterocycles. The summed E-state index contributed by atoms with van der Waals surface area (Å²) in [5.74, 6) is 0. The largest absolute Gasteiger partial charge is 0.357 e. The van der Waals surface area contributed by atoms with Gasteiger partial charge in [0.2, 0.25) is 0 Å². The van der Waals surface area contributed by atoms with Crippen LogP contribution < -0.4 is 0 Å². The van der Waals surface area contributed by atoms with E-state index in [0.717, 1.165) is 0 Å². The predicted octanol–water partition coefficient (Wildman–Crippen LogP) is 1.77. The number of rotatable bonds is 0. The van der Waals surface area contributed by atoms with Crippen LogP contribution in [-0.4, -0.2) is 21.5 Å². The molecule has 0 saturated carbocycles. The van der Waals surface area contributed by atoms with Gasteiger partial charge in [-0.1, -0.05) is 25.2 Å². The summed E-state index contributed by atoms with van der Waals surface area (Å²) in [6.07, 6.45) is 12.0. The second-order valence-electron chi connectivity index (χ2n) is 2.44. The maximum absolute atomic E-state index is 2.26. The van der Waals surface area contributed by atoms with Gasteiger partial charge < -0.3 is 4.90 Å². The standard InChI is InChI=1S/C7H9N.C2H8Si/c1-8-6-4-2-3-5-7-8;1-3-2/h2-7H,1H3;3H2,1-2H3. The lowest BCUT2D eigenvalue weighted by Gasteiger charge is -2.02. The molecule has 0 aromatic heterocycles. The van der Waals surface area contributed by atoms with Crippen LogP contribution >= 0.6 is 0 Å². The first kappa shape index (κ1) is 10.2. The minimum absolute atomic E-state index is 0.417. The van der Waals surface area contributed by atoms with Crippen LogP contribution in [0.25, 0.3) is 0 Å². The van der Waals surface area contributed by atoms with Crippen molar-refractivity contribution < 1.29 is 0 Å². The molecule has 1 aliphatic rings. The van der Waals surface area contributed by atoms with Crippen molar-refractivity contribution in [1.29, 1.82) is 0 Å². The molecule has 0 aromatic rings. The van der Waals surface area contributed by atoms with Crippen molar-refractivity contribution in [2.45, 2.75) is 13.1 Å². The van der Waals surface area contributed by atoms with E-state index in [1.807, 2.05) is 48.7 Å². The Kier molecular flexibility index (Phi) is 6.84. The lowest BCUT2D eigenvalue weighted by Crippen LogP contribution is -1.97. The van der Waals surface area contributed by atoms with Gasteiger partial charge in [-0.15, -0.1) is 0 Å². The SMILES string of the molecule is CN1C=CC=CC=C1.C[SiH2]C. The third kappa shape index (κ3) is 7.13. The predicted molar refractivity (Wildman–Crippen MR) is 55.5 cm³/mol. The molecule has 0 radical (unpaired) electrons. The van der Waals surface area contributed by atoms with E-state index in [0.29, 0.717) is 9.52 Å². The van der Waals surface area contributed by atoms with Crippen LogP contribution in [0.1, 0.15) is 0 Å². The highest BCUT2D eigenvalue weighted by atomic mass is 28.2. The fourth-order valence-electron chi connectivity index (χ4n) is 0.549. The van der Waals surface area contributed by atoms with E-state index in [1.165, 1.54) is 0 Å². The molecule has 1 rings (SSSR count). The van der Waals surface area contributed by atoms with Crippen LogP contribution in [0.4, 0.5) is 0 Å². The minimum Gasteiger partial charge on any atom is -0.357 e. The molecule has 1 heterocycles. The quantitative estimate of drug-likeness (QED) is 0.497. The van der Waals surface area contributed by atoms with Gasteiger partial charge in [-0.2, -0.15) is 0 Å². The molecule has 11 heavy (non-hydrogen) atoms. The van der Waals surface area contributed by atoms with Crippen LogP contribution in [0, 0.1) is 0 Å². The van der Waals surface area contributed by atoms with Gasteiger partial charge in [0.1, 0.15) is 0 Å². The van der Waals surface area contributed by atoms with Gasteiger partial charge in [0.05, 0.1) is 0 Å². The third-order valence-corrected chi connectivity index (χ3v) is 0.976. The van der Waals surface area contributed by atoms with Crippen LogP contribution in [0.5, 0.6) is 0 Å². The van der Waals surface area contributed by atoms with Crippen molar-refractivity contribution >= 4 is 9.52 Å². The summed E-state index contributed by atoms with van der Waals surface area (Å²) in [6.45, 7) is 4.53. The minimum atomic E-state index is 0.417. The summed E-state index contributed by atoms with van der Waals surface area (Å²) >= 11 is 0. The van der Waals surface area contributed by atoms with Crippen molar-refractivity contribution in [2.24, 2.45) is 0 Å². The topological polar surface area (TPSA) is 3.24 Å². The van der Waals surface area contributed by atoms with Gasteiger partial charge in [0.25, 0.3) is 0 Å². The summed E-state index contributed by atoms with van der Waals surface area (Å²) in [4.78, 5) is 2.00. The van der Waals surface area contributed by atoms with E-state index in [2.05, 4.69) is 13.1 Å². The summed E-state index contributed by atoms with van der Waals surface area (Å²) in [5.41, 5.74) is 0. The molecule has 0 aliphatic carbocycles. The van der Waals surface area contributed by atoms with Crippen molar-refractivity contribution in [2.75, 3.05) is 7.05 Å². The maximum Gasteiger partial charge on any atom is 0.0135 e. The molecule has 0 unspecified atom stereocenters. The molecule has 0 N–H and O–H groups in total. The Morgan fingerprint density at radius 2 is 1.27 bits per heavy atom. The van der Waals surface area contributed by atoms with Crippen LogP contribution in [0.15, 0.2) is 36.7 Å². The monoisotopic (exact) mass is 167 g/mol. The first-order valence-electron chi connectivity index (χ1n) is 4.04. The molecule has 62 valence electrons. The molecule has 0 atom stereocenters. The first-order valence-corrected chi connectivity index (χ1v) is 6.87. The Balaban J connectivity index is 0.000000292. The van der Waals surface area contributed by atoms with Crippen molar-refractivity contribution in [3.8, 4) is 0 Å². The lowest BCUT2D eigenvalue weighted by atomic mass is 10.5. The van der Waals surface area contributed by atoms with Gasteiger partial charge >= 0.3 is 0 Å². The van der Waals surface area contributed by atoms with E-state index >= 15 is 0 Å². The fourth-order valence-corrected chi connectivity index (χ4v) is 0.549. The molecule has 0 amide bonds. The molecule has 1 nitrogen and oxygen atoms in total. The first-order chi connectivity index (χ1) is 5.31. The molecule has 0 fully saturated rings. The zero-order valence-corrected chi connectivity index (χ0v) is 9.03. The Bertz CT molecular complexity index is 143. The van der Waals surface area contributed by atoms with Gasteiger partial charge in [-0.25, -0.2) is 0 Å². The normalized spacial score (nSPS) is 13.9. The summed E-state index contributed by atoms with van der Waals surface area (Å²) in [7, 11) is 2.42. The fraction of sp³-hybridized carbons (Fsp3) is 0.333. The van der Waals surface area contributed by atoms with Crippen LogP contribution in [0.2, 0.25) is 13.1 Å². The number of hydrogen-bond donors (Lipinski definition) is 0. The highest BCUT2D eigenvalue weighted by Gasteiger charge is 1.79. The maximum atomic E-state index is 2.26. The Hall–Kier alpha value is -0.763. The van der Waals surface area contributed by atoms with Gasteiger partial charge in [0, 0.05) is 29.0 Å². The molecule has 2 heteroatoms. The molecule has 0 bridgehead atoms. The molecule has 0 aromatic carbocycles. The van der Waals surface area contributed by atoms with Gasteiger partial charge in [-0.3, -0.25) is 0 Å². The van der Waals surface area contributed by atoms with E-state index in [9.17, 15) is 0 Å². The van der Waals surface area contributed by atoms with Crippen molar-refractivity contribution in [3.05, 3.63) is 36.7 Å². The van der Waals surface area contributed by atoms with Crippen LogP contribution in [0.3, 0.4) is 0 Å². The Labute approximate surface area is 71.9 Å². The number of hydrogen-bond acceptors (Lipinski definition) is 1. The lowest BCUT2D eigenvalue weighted by molar-refractivity contribution is 0.627. The summed E-state index contributed by atoms with van der Waals surface area (Å²) in [5, 5.41) is 0. The summed E-state index contributed by atoms with van der Waals surface area (Å²) < 4.78 is 0. The summed E-state index contributed by atoms with van der Waals surface area (Å²) in [6, 6.07) is 0. The second-order valence-corrected chi connectivity index (χ2v) is 3.85. The molecule has 0 saturated heterocycles. The number of nitrogens with zero attached hydrogens (tertiary/aromatic N) is 1. The highest BCUT2D eigenvalue weighted by molar-refractivity contribution is 6.31. The van der Waals surface area contributed by atoms with Crippen LogP contribution in [-0.2, 0) is 0 Å².